The minimum Gasteiger partial charge on any atom is -0.302 e. The van der Waals surface area contributed by atoms with E-state index in [1.54, 1.807) is 0 Å². The molecule has 12 heavy (non-hydrogen) atoms. The Morgan fingerprint density at radius 3 is 2.75 bits per heavy atom. The highest BCUT2D eigenvalue weighted by Gasteiger charge is 2.22. The first-order chi connectivity index (χ1) is 5.72. The molecule has 1 rings (SSSR count). The van der Waals surface area contributed by atoms with Gasteiger partial charge >= 0.3 is 0 Å². The van der Waals surface area contributed by atoms with Crippen LogP contribution in [-0.2, 0) is 0 Å². The molecule has 0 aliphatic carbocycles. The summed E-state index contributed by atoms with van der Waals surface area (Å²) in [5.41, 5.74) is 0. The maximum absolute atomic E-state index is 6.14. The van der Waals surface area contributed by atoms with Crippen LogP contribution in [0.4, 0.5) is 0 Å². The van der Waals surface area contributed by atoms with Crippen LogP contribution in [0.15, 0.2) is 0 Å². The second kappa shape index (κ2) is 5.08. The molecule has 1 saturated heterocycles. The summed E-state index contributed by atoms with van der Waals surface area (Å²) in [6.07, 6.45) is 3.80. The van der Waals surface area contributed by atoms with Crippen molar-refractivity contribution in [2.75, 3.05) is 19.6 Å². The third-order valence-electron chi connectivity index (χ3n) is 2.51. The van der Waals surface area contributed by atoms with Crippen molar-refractivity contribution >= 4 is 11.6 Å². The smallest absolute Gasteiger partial charge is 0.0466 e. The molecule has 0 N–H and O–H groups in total. The van der Waals surface area contributed by atoms with E-state index in [1.165, 1.54) is 32.4 Å². The molecule has 0 aromatic rings. The van der Waals surface area contributed by atoms with Crippen LogP contribution < -0.4 is 0 Å². The molecule has 72 valence electrons. The fourth-order valence-corrected chi connectivity index (χ4v) is 2.44. The minimum absolute atomic E-state index is 0.394. The molecule has 0 unspecified atom stereocenters. The Hall–Kier alpha value is 0.250. The largest absolute Gasteiger partial charge is 0.302 e. The van der Waals surface area contributed by atoms with E-state index in [-0.39, 0.29) is 0 Å². The zero-order valence-corrected chi connectivity index (χ0v) is 8.98. The molecule has 0 saturated carbocycles. The maximum Gasteiger partial charge on any atom is 0.0466 e. The van der Waals surface area contributed by atoms with Gasteiger partial charge in [-0.2, -0.15) is 0 Å². The van der Waals surface area contributed by atoms with E-state index in [4.69, 9.17) is 11.6 Å². The van der Waals surface area contributed by atoms with Crippen LogP contribution in [0.1, 0.15) is 33.1 Å². The molecular weight excluding hydrogens is 170 g/mol. The van der Waals surface area contributed by atoms with Gasteiger partial charge in [-0.05, 0) is 25.3 Å². The van der Waals surface area contributed by atoms with Crippen molar-refractivity contribution in [2.24, 2.45) is 5.92 Å². The van der Waals surface area contributed by atoms with Crippen LogP contribution in [0.5, 0.6) is 0 Å². The van der Waals surface area contributed by atoms with Gasteiger partial charge < -0.3 is 4.90 Å². The summed E-state index contributed by atoms with van der Waals surface area (Å²) < 4.78 is 0. The SMILES string of the molecule is CCCCN1C[C@@H](C)C[C@@H](Cl)C1. The number of rotatable bonds is 3. The predicted octanol–water partition coefficient (Wildman–Crippen LogP) is 2.74. The first-order valence-electron chi connectivity index (χ1n) is 5.08. The molecule has 0 bridgehead atoms. The molecule has 0 aromatic heterocycles. The van der Waals surface area contributed by atoms with Crippen LogP contribution in [0.3, 0.4) is 0 Å². The van der Waals surface area contributed by atoms with Crippen LogP contribution in [0.2, 0.25) is 0 Å². The molecule has 0 aromatic carbocycles. The fraction of sp³-hybridized carbons (Fsp3) is 1.00. The lowest BCUT2D eigenvalue weighted by Crippen LogP contribution is -2.40. The topological polar surface area (TPSA) is 3.24 Å². The van der Waals surface area contributed by atoms with Crippen LogP contribution in [0.25, 0.3) is 0 Å². The molecule has 1 heterocycles. The summed E-state index contributed by atoms with van der Waals surface area (Å²) in [6, 6.07) is 0. The first-order valence-corrected chi connectivity index (χ1v) is 5.52. The third kappa shape index (κ3) is 3.32. The Bertz CT molecular complexity index is 117. The van der Waals surface area contributed by atoms with Crippen molar-refractivity contribution in [3.63, 3.8) is 0 Å². The monoisotopic (exact) mass is 189 g/mol. The van der Waals surface area contributed by atoms with E-state index in [0.29, 0.717) is 5.38 Å². The number of hydrogen-bond donors (Lipinski definition) is 0. The standard InChI is InChI=1S/C10H20ClN/c1-3-4-5-12-7-9(2)6-10(11)8-12/h9-10H,3-8H2,1-2H3/t9-,10+/m0/s1. The number of alkyl halides is 1. The molecule has 1 aliphatic heterocycles. The molecular formula is C10H20ClN. The van der Waals surface area contributed by atoms with E-state index < -0.39 is 0 Å². The Morgan fingerprint density at radius 2 is 2.17 bits per heavy atom. The second-order valence-corrected chi connectivity index (χ2v) is 4.67. The van der Waals surface area contributed by atoms with Crippen molar-refractivity contribution < 1.29 is 0 Å². The number of nitrogens with zero attached hydrogens (tertiary/aromatic N) is 1. The van der Waals surface area contributed by atoms with Gasteiger partial charge in [0.05, 0.1) is 0 Å². The highest BCUT2D eigenvalue weighted by atomic mass is 35.5. The van der Waals surface area contributed by atoms with Gasteiger partial charge in [0.1, 0.15) is 0 Å². The Morgan fingerprint density at radius 1 is 1.42 bits per heavy atom. The van der Waals surface area contributed by atoms with Crippen molar-refractivity contribution in [3.8, 4) is 0 Å². The van der Waals surface area contributed by atoms with E-state index in [2.05, 4.69) is 18.7 Å². The number of unbranched alkanes of at least 4 members (excludes halogenated alkanes) is 1. The summed E-state index contributed by atoms with van der Waals surface area (Å²) in [6.45, 7) is 8.14. The van der Waals surface area contributed by atoms with E-state index in [1.807, 2.05) is 0 Å². The van der Waals surface area contributed by atoms with Gasteiger partial charge in [0.2, 0.25) is 0 Å². The average Bonchev–Trinajstić information content (AvgIpc) is 1.99. The first kappa shape index (κ1) is 10.3. The Labute approximate surface area is 81.1 Å². The van der Waals surface area contributed by atoms with Crippen molar-refractivity contribution in [1.82, 2.24) is 4.90 Å². The van der Waals surface area contributed by atoms with Gasteiger partial charge in [-0.15, -0.1) is 11.6 Å². The number of halogens is 1. The van der Waals surface area contributed by atoms with E-state index in [9.17, 15) is 0 Å². The van der Waals surface area contributed by atoms with Crippen molar-refractivity contribution in [1.29, 1.82) is 0 Å². The van der Waals surface area contributed by atoms with Gasteiger partial charge in [0, 0.05) is 18.5 Å². The minimum atomic E-state index is 0.394. The van der Waals surface area contributed by atoms with Gasteiger partial charge in [-0.1, -0.05) is 20.3 Å². The zero-order valence-electron chi connectivity index (χ0n) is 8.22. The molecule has 0 amide bonds. The molecule has 0 spiro atoms. The van der Waals surface area contributed by atoms with Gasteiger partial charge in [-0.3, -0.25) is 0 Å². The van der Waals surface area contributed by atoms with Crippen molar-refractivity contribution in [3.05, 3.63) is 0 Å². The van der Waals surface area contributed by atoms with Gasteiger partial charge in [0.15, 0.2) is 0 Å². The Balaban J connectivity index is 2.24. The summed E-state index contributed by atoms with van der Waals surface area (Å²) >= 11 is 6.14. The molecule has 1 fully saturated rings. The third-order valence-corrected chi connectivity index (χ3v) is 2.83. The fourth-order valence-electron chi connectivity index (χ4n) is 1.95. The second-order valence-electron chi connectivity index (χ2n) is 4.05. The normalized spacial score (nSPS) is 32.2. The molecule has 2 atom stereocenters. The number of piperidine rings is 1. The maximum atomic E-state index is 6.14. The highest BCUT2D eigenvalue weighted by molar-refractivity contribution is 6.20. The average molecular weight is 190 g/mol. The zero-order chi connectivity index (χ0) is 8.97. The van der Waals surface area contributed by atoms with Crippen LogP contribution >= 0.6 is 11.6 Å². The summed E-state index contributed by atoms with van der Waals surface area (Å²) in [7, 11) is 0. The number of hydrogen-bond acceptors (Lipinski definition) is 1. The lowest BCUT2D eigenvalue weighted by Gasteiger charge is -2.33. The predicted molar refractivity (Wildman–Crippen MR) is 54.8 cm³/mol. The molecule has 1 aliphatic rings. The lowest BCUT2D eigenvalue weighted by molar-refractivity contribution is 0.185. The van der Waals surface area contributed by atoms with Crippen molar-refractivity contribution in [2.45, 2.75) is 38.5 Å². The lowest BCUT2D eigenvalue weighted by atomic mass is 10.00. The van der Waals surface area contributed by atoms with Gasteiger partial charge in [0.25, 0.3) is 0 Å². The molecule has 2 heteroatoms. The summed E-state index contributed by atoms with van der Waals surface area (Å²) in [5.74, 6) is 0.790. The van der Waals surface area contributed by atoms with Gasteiger partial charge in [-0.25, -0.2) is 0 Å². The van der Waals surface area contributed by atoms with Crippen LogP contribution in [0, 0.1) is 5.92 Å². The summed E-state index contributed by atoms with van der Waals surface area (Å²) in [4.78, 5) is 2.51. The summed E-state index contributed by atoms with van der Waals surface area (Å²) in [5, 5.41) is 0.394. The number of likely N-dealkylation sites (tertiary alicyclic amines) is 1. The van der Waals surface area contributed by atoms with E-state index in [0.717, 1.165) is 12.5 Å². The Kier molecular flexibility index (Phi) is 4.38. The molecule has 1 nitrogen and oxygen atoms in total. The van der Waals surface area contributed by atoms with E-state index >= 15 is 0 Å². The van der Waals surface area contributed by atoms with Crippen LogP contribution in [-0.4, -0.2) is 29.9 Å². The quantitative estimate of drug-likeness (QED) is 0.618. The molecule has 0 radical (unpaired) electrons. The highest BCUT2D eigenvalue weighted by Crippen LogP contribution is 2.20.